The lowest BCUT2D eigenvalue weighted by molar-refractivity contribution is 0.109. The van der Waals surface area contributed by atoms with E-state index < -0.39 is 0 Å². The number of carbonyl (C=O) groups excluding carboxylic acids is 1. The Morgan fingerprint density at radius 3 is 3.15 bits per heavy atom. The quantitative estimate of drug-likeness (QED) is 0.911. The van der Waals surface area contributed by atoms with Gasteiger partial charge in [-0.25, -0.2) is 4.79 Å². The Balaban J connectivity index is 1.82. The SMILES string of the molecule is CN(Cc1cccc(C#N)c1)C(=O)NCC1CCCO1. The number of benzene rings is 1. The van der Waals surface area contributed by atoms with Crippen molar-refractivity contribution < 1.29 is 9.53 Å². The second kappa shape index (κ2) is 6.92. The lowest BCUT2D eigenvalue weighted by atomic mass is 10.1. The highest BCUT2D eigenvalue weighted by atomic mass is 16.5. The number of amides is 2. The number of hydrogen-bond acceptors (Lipinski definition) is 3. The van der Waals surface area contributed by atoms with Gasteiger partial charge in [0.1, 0.15) is 0 Å². The lowest BCUT2D eigenvalue weighted by Gasteiger charge is -2.19. The van der Waals surface area contributed by atoms with Gasteiger partial charge in [-0.05, 0) is 30.5 Å². The first kappa shape index (κ1) is 14.4. The molecular formula is C15H19N3O2. The van der Waals surface area contributed by atoms with Crippen molar-refractivity contribution in [2.24, 2.45) is 0 Å². The summed E-state index contributed by atoms with van der Waals surface area (Å²) < 4.78 is 5.46. The fourth-order valence-electron chi connectivity index (χ4n) is 2.23. The average Bonchev–Trinajstić information content (AvgIpc) is 2.98. The molecule has 5 nitrogen and oxygen atoms in total. The number of nitriles is 1. The Morgan fingerprint density at radius 2 is 2.45 bits per heavy atom. The van der Waals surface area contributed by atoms with Gasteiger partial charge in [0.15, 0.2) is 0 Å². The first-order chi connectivity index (χ1) is 9.69. The second-order valence-electron chi connectivity index (χ2n) is 4.99. The third kappa shape index (κ3) is 3.97. The zero-order valence-corrected chi connectivity index (χ0v) is 11.6. The van der Waals surface area contributed by atoms with Gasteiger partial charge in [-0.15, -0.1) is 0 Å². The highest BCUT2D eigenvalue weighted by Crippen LogP contribution is 2.11. The van der Waals surface area contributed by atoms with Crippen molar-refractivity contribution in [3.63, 3.8) is 0 Å². The van der Waals surface area contributed by atoms with E-state index in [1.807, 2.05) is 12.1 Å². The third-order valence-corrected chi connectivity index (χ3v) is 3.33. The molecule has 1 aromatic carbocycles. The van der Waals surface area contributed by atoms with Crippen LogP contribution in [-0.2, 0) is 11.3 Å². The first-order valence-electron chi connectivity index (χ1n) is 6.78. The molecule has 0 radical (unpaired) electrons. The number of nitrogens with zero attached hydrogens (tertiary/aromatic N) is 2. The Labute approximate surface area is 119 Å². The van der Waals surface area contributed by atoms with Crippen LogP contribution in [0.25, 0.3) is 0 Å². The van der Waals surface area contributed by atoms with Crippen molar-refractivity contribution in [2.75, 3.05) is 20.2 Å². The molecule has 1 atom stereocenters. The highest BCUT2D eigenvalue weighted by molar-refractivity contribution is 5.73. The fraction of sp³-hybridized carbons (Fsp3) is 0.467. The second-order valence-corrected chi connectivity index (χ2v) is 4.99. The van der Waals surface area contributed by atoms with Crippen LogP contribution >= 0.6 is 0 Å². The molecule has 2 amide bonds. The van der Waals surface area contributed by atoms with E-state index in [9.17, 15) is 4.79 Å². The normalized spacial score (nSPS) is 17.5. The van der Waals surface area contributed by atoms with Gasteiger partial charge in [0.05, 0.1) is 17.7 Å². The number of carbonyl (C=O) groups is 1. The van der Waals surface area contributed by atoms with Gasteiger partial charge in [0.2, 0.25) is 0 Å². The molecule has 1 aliphatic heterocycles. The van der Waals surface area contributed by atoms with Crippen LogP contribution in [0.4, 0.5) is 4.79 Å². The van der Waals surface area contributed by atoms with Gasteiger partial charge < -0.3 is 15.0 Å². The summed E-state index contributed by atoms with van der Waals surface area (Å²) in [5, 5.41) is 11.7. The minimum absolute atomic E-state index is 0.122. The third-order valence-electron chi connectivity index (χ3n) is 3.33. The van der Waals surface area contributed by atoms with Crippen LogP contribution in [0.3, 0.4) is 0 Å². The largest absolute Gasteiger partial charge is 0.376 e. The van der Waals surface area contributed by atoms with Crippen LogP contribution in [0.1, 0.15) is 24.0 Å². The molecule has 1 heterocycles. The van der Waals surface area contributed by atoms with E-state index in [1.165, 1.54) is 0 Å². The van der Waals surface area contributed by atoms with Crippen LogP contribution in [0.5, 0.6) is 0 Å². The van der Waals surface area contributed by atoms with E-state index in [4.69, 9.17) is 10.00 Å². The minimum atomic E-state index is -0.122. The summed E-state index contributed by atoms with van der Waals surface area (Å²) in [6.07, 6.45) is 2.22. The van der Waals surface area contributed by atoms with Crippen molar-refractivity contribution in [3.05, 3.63) is 35.4 Å². The molecule has 0 saturated carbocycles. The standard InChI is InChI=1S/C15H19N3O2/c1-18(11-13-5-2-4-12(8-13)9-16)15(19)17-10-14-6-3-7-20-14/h2,4-5,8,14H,3,6-7,10-11H2,1H3,(H,17,19). The molecule has 1 fully saturated rings. The number of hydrogen-bond donors (Lipinski definition) is 1. The van der Waals surface area contributed by atoms with E-state index in [-0.39, 0.29) is 12.1 Å². The summed E-state index contributed by atoms with van der Waals surface area (Å²) in [6, 6.07) is 9.25. The molecule has 106 valence electrons. The maximum atomic E-state index is 12.0. The van der Waals surface area contributed by atoms with Crippen molar-refractivity contribution in [1.29, 1.82) is 5.26 Å². The van der Waals surface area contributed by atoms with Crippen molar-refractivity contribution in [1.82, 2.24) is 10.2 Å². The Kier molecular flexibility index (Phi) is 4.97. The molecule has 0 aromatic heterocycles. The molecule has 0 aliphatic carbocycles. The van der Waals surface area contributed by atoms with Crippen molar-refractivity contribution >= 4 is 6.03 Å². The van der Waals surface area contributed by atoms with E-state index in [0.29, 0.717) is 18.7 Å². The van der Waals surface area contributed by atoms with Gasteiger partial charge in [0, 0.05) is 26.7 Å². The molecule has 5 heteroatoms. The number of ether oxygens (including phenoxy) is 1. The molecule has 0 bridgehead atoms. The van der Waals surface area contributed by atoms with Crippen LogP contribution in [0.15, 0.2) is 24.3 Å². The van der Waals surface area contributed by atoms with Crippen LogP contribution < -0.4 is 5.32 Å². The highest BCUT2D eigenvalue weighted by Gasteiger charge is 2.17. The topological polar surface area (TPSA) is 65.4 Å². The maximum Gasteiger partial charge on any atom is 0.317 e. The Hall–Kier alpha value is -2.06. The number of urea groups is 1. The average molecular weight is 273 g/mol. The summed E-state index contributed by atoms with van der Waals surface area (Å²) >= 11 is 0. The zero-order valence-electron chi connectivity index (χ0n) is 11.6. The molecule has 0 spiro atoms. The molecule has 20 heavy (non-hydrogen) atoms. The molecule has 1 N–H and O–H groups in total. The van der Waals surface area contributed by atoms with Crippen LogP contribution in [-0.4, -0.2) is 37.2 Å². The number of rotatable bonds is 4. The molecule has 1 aliphatic rings. The number of nitrogens with one attached hydrogen (secondary N) is 1. The Morgan fingerprint density at radius 1 is 1.60 bits per heavy atom. The molecular weight excluding hydrogens is 254 g/mol. The summed E-state index contributed by atoms with van der Waals surface area (Å²) in [5.41, 5.74) is 1.55. The van der Waals surface area contributed by atoms with Gasteiger partial charge >= 0.3 is 6.03 Å². The van der Waals surface area contributed by atoms with Gasteiger partial charge in [-0.3, -0.25) is 0 Å². The monoisotopic (exact) mass is 273 g/mol. The predicted molar refractivity (Wildman–Crippen MR) is 75.0 cm³/mol. The molecule has 2 rings (SSSR count). The molecule has 1 saturated heterocycles. The van der Waals surface area contributed by atoms with Gasteiger partial charge in [-0.1, -0.05) is 12.1 Å². The van der Waals surface area contributed by atoms with Crippen LogP contribution in [0, 0.1) is 11.3 Å². The van der Waals surface area contributed by atoms with Crippen LogP contribution in [0.2, 0.25) is 0 Å². The first-order valence-corrected chi connectivity index (χ1v) is 6.78. The minimum Gasteiger partial charge on any atom is -0.376 e. The summed E-state index contributed by atoms with van der Waals surface area (Å²) in [4.78, 5) is 13.6. The summed E-state index contributed by atoms with van der Waals surface area (Å²) in [5.74, 6) is 0. The summed E-state index contributed by atoms with van der Waals surface area (Å²) in [6.45, 7) is 1.83. The van der Waals surface area contributed by atoms with Crippen molar-refractivity contribution in [2.45, 2.75) is 25.5 Å². The smallest absolute Gasteiger partial charge is 0.317 e. The Bertz CT molecular complexity index is 504. The van der Waals surface area contributed by atoms with Gasteiger partial charge in [0.25, 0.3) is 0 Å². The van der Waals surface area contributed by atoms with E-state index in [1.54, 1.807) is 24.1 Å². The van der Waals surface area contributed by atoms with E-state index >= 15 is 0 Å². The lowest BCUT2D eigenvalue weighted by Crippen LogP contribution is -2.40. The fourth-order valence-corrected chi connectivity index (χ4v) is 2.23. The van der Waals surface area contributed by atoms with Gasteiger partial charge in [-0.2, -0.15) is 5.26 Å². The molecule has 1 unspecified atom stereocenters. The molecule has 1 aromatic rings. The zero-order chi connectivity index (χ0) is 14.4. The van der Waals surface area contributed by atoms with E-state index in [0.717, 1.165) is 25.0 Å². The summed E-state index contributed by atoms with van der Waals surface area (Å²) in [7, 11) is 1.74. The predicted octanol–water partition coefficient (Wildman–Crippen LogP) is 1.88. The van der Waals surface area contributed by atoms with Crippen molar-refractivity contribution in [3.8, 4) is 6.07 Å². The maximum absolute atomic E-state index is 12.0. The van der Waals surface area contributed by atoms with E-state index in [2.05, 4.69) is 11.4 Å².